The van der Waals surface area contributed by atoms with Gasteiger partial charge >= 0.3 is 0 Å². The van der Waals surface area contributed by atoms with Crippen molar-refractivity contribution < 1.29 is 13.9 Å². The van der Waals surface area contributed by atoms with E-state index in [1.54, 1.807) is 13.0 Å². The van der Waals surface area contributed by atoms with Gasteiger partial charge in [-0.15, -0.1) is 0 Å². The molecule has 1 unspecified atom stereocenters. The lowest BCUT2D eigenvalue weighted by atomic mass is 10.1. The van der Waals surface area contributed by atoms with Crippen molar-refractivity contribution in [2.75, 3.05) is 18.5 Å². The lowest BCUT2D eigenvalue weighted by Crippen LogP contribution is -2.24. The molecule has 0 bridgehead atoms. The van der Waals surface area contributed by atoms with Crippen LogP contribution in [-0.2, 0) is 0 Å². The van der Waals surface area contributed by atoms with Crippen molar-refractivity contribution in [2.24, 2.45) is 0 Å². The smallest absolute Gasteiger partial charge is 0.150 e. The average molecular weight is 240 g/mol. The molecule has 1 aromatic rings. The topological polar surface area (TPSA) is 47.3 Å². The summed E-state index contributed by atoms with van der Waals surface area (Å²) < 4.78 is 27.2. The predicted molar refractivity (Wildman–Crippen MR) is 60.6 cm³/mol. The highest BCUT2D eigenvalue weighted by atomic mass is 19.1. The summed E-state index contributed by atoms with van der Waals surface area (Å²) in [4.78, 5) is 1.39. The van der Waals surface area contributed by atoms with Crippen LogP contribution in [0.3, 0.4) is 0 Å². The van der Waals surface area contributed by atoms with E-state index in [4.69, 9.17) is 10.4 Å². The first-order chi connectivity index (χ1) is 7.95. The Kier molecular flexibility index (Phi) is 4.41. The van der Waals surface area contributed by atoms with E-state index < -0.39 is 17.7 Å². The fourth-order valence-corrected chi connectivity index (χ4v) is 1.49. The molecule has 0 radical (unpaired) electrons. The predicted octanol–water partition coefficient (Wildman–Crippen LogP) is 2.04. The zero-order chi connectivity index (χ0) is 13.0. The summed E-state index contributed by atoms with van der Waals surface area (Å²) in [6, 6.07) is 3.68. The summed E-state index contributed by atoms with van der Waals surface area (Å²) in [5.74, 6) is -1.54. The third kappa shape index (κ3) is 3.40. The van der Waals surface area contributed by atoms with E-state index in [1.165, 1.54) is 11.9 Å². The Morgan fingerprint density at radius 2 is 1.94 bits per heavy atom. The van der Waals surface area contributed by atoms with Gasteiger partial charge in [0.25, 0.3) is 0 Å². The Morgan fingerprint density at radius 1 is 1.41 bits per heavy atom. The summed E-state index contributed by atoms with van der Waals surface area (Å²) in [6.07, 6.45) is -0.114. The maximum absolute atomic E-state index is 13.6. The summed E-state index contributed by atoms with van der Waals surface area (Å²) in [5.41, 5.74) is -0.225. The van der Waals surface area contributed by atoms with Gasteiger partial charge in [-0.05, 0) is 25.5 Å². The van der Waals surface area contributed by atoms with Crippen LogP contribution in [0.25, 0.3) is 0 Å². The Bertz CT molecular complexity index is 418. The molecule has 0 spiro atoms. The maximum Gasteiger partial charge on any atom is 0.150 e. The molecule has 1 aromatic carbocycles. The van der Waals surface area contributed by atoms with Crippen LogP contribution in [0.5, 0.6) is 0 Å². The number of nitrogens with zero attached hydrogens (tertiary/aromatic N) is 2. The van der Waals surface area contributed by atoms with Crippen LogP contribution < -0.4 is 4.90 Å². The van der Waals surface area contributed by atoms with E-state index in [0.717, 1.165) is 12.1 Å². The van der Waals surface area contributed by atoms with Gasteiger partial charge in [0, 0.05) is 13.6 Å². The number of nitriles is 1. The molecule has 0 fully saturated rings. The van der Waals surface area contributed by atoms with Crippen molar-refractivity contribution in [1.29, 1.82) is 5.26 Å². The van der Waals surface area contributed by atoms with E-state index in [-0.39, 0.29) is 11.3 Å². The van der Waals surface area contributed by atoms with E-state index in [2.05, 4.69) is 0 Å². The number of aliphatic hydroxyl groups is 1. The maximum atomic E-state index is 13.6. The normalized spacial score (nSPS) is 12.0. The molecule has 0 aliphatic carbocycles. The van der Waals surface area contributed by atoms with Gasteiger partial charge in [-0.25, -0.2) is 8.78 Å². The van der Waals surface area contributed by atoms with Gasteiger partial charge in [-0.2, -0.15) is 5.26 Å². The van der Waals surface area contributed by atoms with E-state index >= 15 is 0 Å². The molecule has 0 aromatic heterocycles. The summed E-state index contributed by atoms with van der Waals surface area (Å²) in [7, 11) is 1.54. The van der Waals surface area contributed by atoms with Crippen molar-refractivity contribution in [3.8, 4) is 6.07 Å². The molecule has 3 nitrogen and oxygen atoms in total. The number of rotatable bonds is 4. The highest BCUT2D eigenvalue weighted by Crippen LogP contribution is 2.24. The second-order valence-electron chi connectivity index (χ2n) is 3.96. The molecule has 0 aliphatic rings. The highest BCUT2D eigenvalue weighted by Gasteiger charge is 2.15. The number of hydrogen-bond acceptors (Lipinski definition) is 3. The van der Waals surface area contributed by atoms with Gasteiger partial charge in [0.05, 0.1) is 17.7 Å². The van der Waals surface area contributed by atoms with Crippen LogP contribution in [0.1, 0.15) is 18.9 Å². The van der Waals surface area contributed by atoms with E-state index in [0.29, 0.717) is 13.0 Å². The molecule has 5 heteroatoms. The number of anilines is 1. The van der Waals surface area contributed by atoms with Crippen molar-refractivity contribution in [1.82, 2.24) is 0 Å². The van der Waals surface area contributed by atoms with Gasteiger partial charge in [-0.3, -0.25) is 0 Å². The average Bonchev–Trinajstić information content (AvgIpc) is 2.25. The largest absolute Gasteiger partial charge is 0.393 e. The van der Waals surface area contributed by atoms with Crippen molar-refractivity contribution in [3.63, 3.8) is 0 Å². The minimum absolute atomic E-state index is 0.0484. The van der Waals surface area contributed by atoms with Crippen LogP contribution in [0.4, 0.5) is 14.5 Å². The van der Waals surface area contributed by atoms with Gasteiger partial charge in [0.1, 0.15) is 5.69 Å². The zero-order valence-corrected chi connectivity index (χ0v) is 9.74. The molecule has 1 N–H and O–H groups in total. The quantitative estimate of drug-likeness (QED) is 0.876. The Hall–Kier alpha value is -1.67. The SMILES string of the molecule is CC(O)CCN(C)c1c(F)cc(C#N)cc1F. The fraction of sp³-hybridized carbons (Fsp3) is 0.417. The van der Waals surface area contributed by atoms with Gasteiger partial charge in [-0.1, -0.05) is 0 Å². The monoisotopic (exact) mass is 240 g/mol. The molecule has 0 amide bonds. The standard InChI is InChI=1S/C12H14F2N2O/c1-8(17)3-4-16(2)12-10(13)5-9(7-15)6-11(12)14/h5-6,8,17H,3-4H2,1-2H3. The zero-order valence-electron chi connectivity index (χ0n) is 9.74. The second-order valence-corrected chi connectivity index (χ2v) is 3.96. The van der Waals surface area contributed by atoms with Crippen molar-refractivity contribution in [3.05, 3.63) is 29.3 Å². The van der Waals surface area contributed by atoms with Gasteiger partial charge in [0.2, 0.25) is 0 Å². The molecular formula is C12H14F2N2O. The second kappa shape index (κ2) is 5.60. The first-order valence-electron chi connectivity index (χ1n) is 5.24. The molecule has 0 saturated heterocycles. The van der Waals surface area contributed by atoms with E-state index in [1.807, 2.05) is 0 Å². The third-order valence-corrected chi connectivity index (χ3v) is 2.41. The molecule has 1 atom stereocenters. The number of benzene rings is 1. The van der Waals surface area contributed by atoms with Gasteiger partial charge in [0.15, 0.2) is 11.6 Å². The number of halogens is 2. The van der Waals surface area contributed by atoms with E-state index in [9.17, 15) is 8.78 Å². The Labute approximate surface area is 98.9 Å². The summed E-state index contributed by atoms with van der Waals surface area (Å²) in [5, 5.41) is 17.7. The van der Waals surface area contributed by atoms with Crippen LogP contribution in [0.15, 0.2) is 12.1 Å². The number of hydrogen-bond donors (Lipinski definition) is 1. The molecule has 0 aliphatic heterocycles. The Balaban J connectivity index is 2.94. The summed E-state index contributed by atoms with van der Waals surface area (Å²) >= 11 is 0. The molecule has 92 valence electrons. The summed E-state index contributed by atoms with van der Waals surface area (Å²) in [6.45, 7) is 1.94. The lowest BCUT2D eigenvalue weighted by molar-refractivity contribution is 0.186. The lowest BCUT2D eigenvalue weighted by Gasteiger charge is -2.21. The van der Waals surface area contributed by atoms with Gasteiger partial charge < -0.3 is 10.0 Å². The molecule has 17 heavy (non-hydrogen) atoms. The minimum Gasteiger partial charge on any atom is -0.393 e. The number of aliphatic hydroxyl groups excluding tert-OH is 1. The van der Waals surface area contributed by atoms with Crippen molar-refractivity contribution in [2.45, 2.75) is 19.4 Å². The molecule has 0 heterocycles. The fourth-order valence-electron chi connectivity index (χ4n) is 1.49. The molecular weight excluding hydrogens is 226 g/mol. The van der Waals surface area contributed by atoms with Crippen LogP contribution in [0, 0.1) is 23.0 Å². The Morgan fingerprint density at radius 3 is 2.35 bits per heavy atom. The third-order valence-electron chi connectivity index (χ3n) is 2.41. The van der Waals surface area contributed by atoms with Crippen LogP contribution in [-0.4, -0.2) is 24.8 Å². The van der Waals surface area contributed by atoms with Crippen LogP contribution >= 0.6 is 0 Å². The highest BCUT2D eigenvalue weighted by molar-refractivity contribution is 5.52. The first-order valence-corrected chi connectivity index (χ1v) is 5.24. The minimum atomic E-state index is -0.769. The molecule has 0 saturated carbocycles. The van der Waals surface area contributed by atoms with Crippen LogP contribution in [0.2, 0.25) is 0 Å². The molecule has 1 rings (SSSR count). The first kappa shape index (κ1) is 13.4. The van der Waals surface area contributed by atoms with Crippen molar-refractivity contribution >= 4 is 5.69 Å².